The van der Waals surface area contributed by atoms with E-state index in [2.05, 4.69) is 161 Å². The van der Waals surface area contributed by atoms with Crippen LogP contribution >= 0.6 is 0 Å². The van der Waals surface area contributed by atoms with Crippen molar-refractivity contribution < 1.29 is 4.74 Å². The molecule has 1 aromatic heterocycles. The van der Waals surface area contributed by atoms with E-state index in [0.29, 0.717) is 17.8 Å². The quantitative estimate of drug-likeness (QED) is 0.180. The summed E-state index contributed by atoms with van der Waals surface area (Å²) in [5.74, 6) is 3.15. The first kappa shape index (κ1) is 28.7. The third-order valence-corrected chi connectivity index (χ3v) is 10.0. The Labute approximate surface area is 272 Å². The first-order valence-corrected chi connectivity index (χ1v) is 16.8. The van der Waals surface area contributed by atoms with Gasteiger partial charge >= 0.3 is 0 Å². The summed E-state index contributed by atoms with van der Waals surface area (Å²) < 4.78 is 9.26. The van der Waals surface area contributed by atoms with Gasteiger partial charge in [0, 0.05) is 27.9 Å². The van der Waals surface area contributed by atoms with Gasteiger partial charge in [0.1, 0.15) is 11.5 Å². The van der Waals surface area contributed by atoms with Crippen molar-refractivity contribution in [3.8, 4) is 17.2 Å². The molecule has 0 bridgehead atoms. The molecule has 0 N–H and O–H groups in total. The lowest BCUT2D eigenvalue weighted by atomic mass is 9.34. The smallest absolute Gasteiger partial charge is 0.251 e. The highest BCUT2D eigenvalue weighted by atomic mass is 16.5. The molecule has 1 aliphatic heterocycles. The number of nitrogens with zero attached hydrogens (tertiary/aromatic N) is 1. The van der Waals surface area contributed by atoms with E-state index in [-0.39, 0.29) is 6.71 Å². The zero-order valence-electron chi connectivity index (χ0n) is 27.6. The molecule has 46 heavy (non-hydrogen) atoms. The Kier molecular flexibility index (Phi) is 6.83. The van der Waals surface area contributed by atoms with Gasteiger partial charge < -0.3 is 9.30 Å². The lowest BCUT2D eigenvalue weighted by molar-refractivity contribution is 0.487. The fourth-order valence-corrected chi connectivity index (χ4v) is 7.74. The maximum absolute atomic E-state index is 6.83. The number of rotatable bonds is 5. The van der Waals surface area contributed by atoms with E-state index >= 15 is 0 Å². The Hall–Kier alpha value is -4.76. The lowest BCUT2D eigenvalue weighted by Gasteiger charge is -2.32. The molecular weight excluding hydrogens is 557 g/mol. The van der Waals surface area contributed by atoms with Crippen LogP contribution in [-0.4, -0.2) is 11.3 Å². The molecule has 226 valence electrons. The fourth-order valence-electron chi connectivity index (χ4n) is 7.74. The van der Waals surface area contributed by atoms with Gasteiger partial charge in [0.05, 0.1) is 11.0 Å². The molecule has 0 unspecified atom stereocenters. The SMILES string of the molecule is CC(C)c1cc(C(C)C)c(B2c3ccccc3Oc3cc(-n4c5ccccc5c5ccc6ccccc6c54)ccc32)c(C(C)C)c1. The van der Waals surface area contributed by atoms with Crippen LogP contribution < -0.4 is 21.1 Å². The van der Waals surface area contributed by atoms with Gasteiger partial charge in [-0.2, -0.15) is 0 Å². The molecule has 7 aromatic rings. The highest BCUT2D eigenvalue weighted by Crippen LogP contribution is 2.38. The van der Waals surface area contributed by atoms with E-state index < -0.39 is 0 Å². The molecule has 8 rings (SSSR count). The zero-order chi connectivity index (χ0) is 31.7. The second-order valence-corrected chi connectivity index (χ2v) is 13.9. The summed E-state index contributed by atoms with van der Waals surface area (Å²) in [4.78, 5) is 0. The summed E-state index contributed by atoms with van der Waals surface area (Å²) in [6.45, 7) is 14.1. The Morgan fingerprint density at radius 2 is 1.20 bits per heavy atom. The van der Waals surface area contributed by atoms with Crippen molar-refractivity contribution in [2.45, 2.75) is 59.3 Å². The third-order valence-electron chi connectivity index (χ3n) is 10.0. The topological polar surface area (TPSA) is 14.2 Å². The van der Waals surface area contributed by atoms with E-state index in [4.69, 9.17) is 4.74 Å². The van der Waals surface area contributed by atoms with E-state index in [1.165, 1.54) is 65.7 Å². The van der Waals surface area contributed by atoms with Crippen LogP contribution in [-0.2, 0) is 0 Å². The van der Waals surface area contributed by atoms with Crippen LogP contribution in [0, 0.1) is 0 Å². The van der Waals surface area contributed by atoms with Crippen LogP contribution in [0.5, 0.6) is 11.5 Å². The molecule has 0 saturated heterocycles. The molecule has 6 aromatic carbocycles. The van der Waals surface area contributed by atoms with Gasteiger partial charge in [-0.25, -0.2) is 0 Å². The highest BCUT2D eigenvalue weighted by molar-refractivity contribution is 6.97. The Morgan fingerprint density at radius 1 is 0.543 bits per heavy atom. The Morgan fingerprint density at radius 3 is 1.93 bits per heavy atom. The molecule has 2 nitrogen and oxygen atoms in total. The minimum absolute atomic E-state index is 0.0870. The van der Waals surface area contributed by atoms with Crippen molar-refractivity contribution in [2.24, 2.45) is 0 Å². The Bertz CT molecular complexity index is 2260. The molecule has 0 spiro atoms. The number of aromatic nitrogens is 1. The summed E-state index contributed by atoms with van der Waals surface area (Å²) in [6.07, 6.45) is 0. The van der Waals surface area contributed by atoms with E-state index in [9.17, 15) is 0 Å². The van der Waals surface area contributed by atoms with Crippen molar-refractivity contribution in [3.63, 3.8) is 0 Å². The van der Waals surface area contributed by atoms with Crippen molar-refractivity contribution in [3.05, 3.63) is 132 Å². The molecule has 3 heteroatoms. The van der Waals surface area contributed by atoms with Crippen molar-refractivity contribution in [2.75, 3.05) is 0 Å². The standard InChI is InChI=1S/C43H40BNO/c1-26(2)30-23-35(27(3)4)42(36(24-30)28(5)6)44-37-16-10-12-18-40(37)46-41-25-31(20-22-38(41)44)45-39-17-11-9-15-33(39)34-21-19-29-13-7-8-14-32(29)43(34)45/h7-28H,1-6H3. The van der Waals surface area contributed by atoms with Gasteiger partial charge in [0.15, 0.2) is 0 Å². The first-order valence-electron chi connectivity index (χ1n) is 16.8. The molecule has 0 aliphatic carbocycles. The molecule has 0 fully saturated rings. The zero-order valence-corrected chi connectivity index (χ0v) is 27.6. The van der Waals surface area contributed by atoms with Crippen LogP contribution in [0.25, 0.3) is 38.3 Å². The highest BCUT2D eigenvalue weighted by Gasteiger charge is 2.36. The average molecular weight is 598 g/mol. The predicted octanol–water partition coefficient (Wildman–Crippen LogP) is 9.93. The normalized spacial score (nSPS) is 12.8. The average Bonchev–Trinajstić information content (AvgIpc) is 3.41. The number of benzene rings is 6. The molecule has 0 atom stereocenters. The van der Waals surface area contributed by atoms with Crippen LogP contribution in [0.1, 0.15) is 76.0 Å². The van der Waals surface area contributed by atoms with Crippen molar-refractivity contribution in [1.82, 2.24) is 4.57 Å². The minimum Gasteiger partial charge on any atom is -0.458 e. The van der Waals surface area contributed by atoms with Gasteiger partial charge in [0.2, 0.25) is 0 Å². The largest absolute Gasteiger partial charge is 0.458 e. The molecule has 0 amide bonds. The second kappa shape index (κ2) is 10.9. The fraction of sp³-hybridized carbons (Fsp3) is 0.209. The first-order chi connectivity index (χ1) is 22.3. The molecule has 0 radical (unpaired) electrons. The maximum Gasteiger partial charge on any atom is 0.251 e. The summed E-state index contributed by atoms with van der Waals surface area (Å²) >= 11 is 0. The number of hydrogen-bond donors (Lipinski definition) is 0. The molecule has 2 heterocycles. The number of para-hydroxylation sites is 2. The monoisotopic (exact) mass is 597 g/mol. The van der Waals surface area contributed by atoms with Crippen molar-refractivity contribution >= 4 is 55.7 Å². The van der Waals surface area contributed by atoms with Crippen LogP contribution in [0.15, 0.2) is 115 Å². The maximum atomic E-state index is 6.83. The van der Waals surface area contributed by atoms with Gasteiger partial charge in [-0.3, -0.25) is 0 Å². The number of fused-ring (bicyclic) bond motifs is 7. The lowest BCUT2D eigenvalue weighted by Crippen LogP contribution is -2.57. The van der Waals surface area contributed by atoms with E-state index in [0.717, 1.165) is 17.2 Å². The second-order valence-electron chi connectivity index (χ2n) is 13.9. The van der Waals surface area contributed by atoms with E-state index in [1.54, 1.807) is 0 Å². The van der Waals surface area contributed by atoms with Crippen LogP contribution in [0.4, 0.5) is 0 Å². The summed E-state index contributed by atoms with van der Waals surface area (Å²) in [7, 11) is 0. The summed E-state index contributed by atoms with van der Waals surface area (Å²) in [6, 6.07) is 42.5. The Balaban J connectivity index is 1.41. The van der Waals surface area contributed by atoms with Gasteiger partial charge in [-0.05, 0) is 69.0 Å². The predicted molar refractivity (Wildman–Crippen MR) is 198 cm³/mol. The van der Waals surface area contributed by atoms with Gasteiger partial charge in [-0.15, -0.1) is 0 Å². The molecular formula is C43H40BNO. The molecule has 0 saturated carbocycles. The van der Waals surface area contributed by atoms with Crippen LogP contribution in [0.3, 0.4) is 0 Å². The van der Waals surface area contributed by atoms with Gasteiger partial charge in [-0.1, -0.05) is 138 Å². The summed E-state index contributed by atoms with van der Waals surface area (Å²) in [5.41, 5.74) is 11.8. The van der Waals surface area contributed by atoms with Gasteiger partial charge in [0.25, 0.3) is 6.71 Å². The van der Waals surface area contributed by atoms with Crippen LogP contribution in [0.2, 0.25) is 0 Å². The third kappa shape index (κ3) is 4.40. The van der Waals surface area contributed by atoms with E-state index in [1.807, 2.05) is 0 Å². The summed E-state index contributed by atoms with van der Waals surface area (Å²) in [5, 5.41) is 5.03. The number of ether oxygens (including phenoxy) is 1. The molecule has 1 aliphatic rings. The minimum atomic E-state index is 0.0870. The van der Waals surface area contributed by atoms with Crippen molar-refractivity contribution in [1.29, 1.82) is 0 Å². The number of hydrogen-bond acceptors (Lipinski definition) is 1.